The van der Waals surface area contributed by atoms with E-state index in [2.05, 4.69) is 133 Å². The van der Waals surface area contributed by atoms with E-state index in [4.69, 9.17) is 0 Å². The quantitative estimate of drug-likeness (QED) is 0.157. The number of benzene rings is 6. The molecule has 6 aromatic carbocycles. The Morgan fingerprint density at radius 2 is 0.764 bits per heavy atom. The van der Waals surface area contributed by atoms with Crippen LogP contribution in [0.15, 0.2) is 132 Å². The molecule has 55 heavy (non-hydrogen) atoms. The number of hydrogen-bond acceptors (Lipinski definition) is 0. The molecule has 11 rings (SSSR count). The Hall–Kier alpha value is -3.22. The Morgan fingerprint density at radius 3 is 1.20 bits per heavy atom. The molecule has 0 spiro atoms. The molecule has 0 nitrogen and oxygen atoms in total. The molecular weight excluding hydrogens is 787 g/mol. The third-order valence-electron chi connectivity index (χ3n) is 14.5. The maximum Gasteiger partial charge on any atom is -1.00 e. The first-order valence-corrected chi connectivity index (χ1v) is 27.2. The minimum Gasteiger partial charge on any atom is -1.00 e. The predicted molar refractivity (Wildman–Crippen MR) is 223 cm³/mol. The normalized spacial score (nSPS) is 21.0. The molecule has 276 valence electrons. The van der Waals surface area contributed by atoms with Crippen LogP contribution in [0.1, 0.15) is 93.7 Å². The molecule has 1 saturated heterocycles. The monoisotopic (exact) mass is 834 g/mol. The Morgan fingerprint density at radius 1 is 0.382 bits per heavy atom. The molecule has 3 heteroatoms. The first-order valence-electron chi connectivity index (χ1n) is 20.9. The number of hydrogen-bond donors (Lipinski definition) is 0. The second-order valence-corrected chi connectivity index (χ2v) is 28.6. The Labute approximate surface area is 344 Å². The van der Waals surface area contributed by atoms with Crippen molar-refractivity contribution >= 4 is 33.7 Å². The molecule has 5 aliphatic rings. The summed E-state index contributed by atoms with van der Waals surface area (Å²) >= 11 is -2.96. The molecule has 0 N–H and O–H groups in total. The smallest absolute Gasteiger partial charge is 1.00 e. The van der Waals surface area contributed by atoms with E-state index in [1.54, 1.807) is 22.3 Å². The molecular formula is C52H50Cl2Zr. The van der Waals surface area contributed by atoms with Crippen molar-refractivity contribution in [2.45, 2.75) is 79.7 Å². The van der Waals surface area contributed by atoms with Crippen molar-refractivity contribution < 1.29 is 45.1 Å². The van der Waals surface area contributed by atoms with Gasteiger partial charge in [-0.3, -0.25) is 0 Å². The van der Waals surface area contributed by atoms with Crippen LogP contribution in [0, 0.1) is 11.8 Å². The summed E-state index contributed by atoms with van der Waals surface area (Å²) in [5.41, 5.74) is 16.1. The van der Waals surface area contributed by atoms with E-state index >= 15 is 0 Å². The summed E-state index contributed by atoms with van der Waals surface area (Å²) in [7, 11) is 0. The van der Waals surface area contributed by atoms with E-state index in [-0.39, 0.29) is 24.8 Å². The van der Waals surface area contributed by atoms with Gasteiger partial charge in [-0.1, -0.05) is 0 Å². The van der Waals surface area contributed by atoms with Crippen LogP contribution in [0.3, 0.4) is 0 Å². The molecule has 0 radical (unpaired) electrons. The maximum absolute atomic E-state index is 2.96. The molecule has 0 aromatic heterocycles. The van der Waals surface area contributed by atoms with Crippen molar-refractivity contribution in [3.8, 4) is 22.3 Å². The third-order valence-corrected chi connectivity index (χ3v) is 27.4. The van der Waals surface area contributed by atoms with Crippen LogP contribution in [0.4, 0.5) is 0 Å². The maximum atomic E-state index is 2.80. The van der Waals surface area contributed by atoms with Crippen LogP contribution >= 0.6 is 0 Å². The molecule has 2 unspecified atom stereocenters. The summed E-state index contributed by atoms with van der Waals surface area (Å²) in [6.07, 6.45) is 19.6. The van der Waals surface area contributed by atoms with Crippen molar-refractivity contribution in [1.29, 1.82) is 0 Å². The fraction of sp³-hybridized carbons (Fsp3) is 0.308. The average molecular weight is 837 g/mol. The molecule has 2 saturated carbocycles. The van der Waals surface area contributed by atoms with Crippen LogP contribution in [0.25, 0.3) is 56.0 Å². The molecule has 0 amide bonds. The van der Waals surface area contributed by atoms with Crippen LogP contribution < -0.4 is 24.8 Å². The van der Waals surface area contributed by atoms with E-state index < -0.39 is 20.3 Å². The van der Waals surface area contributed by atoms with Gasteiger partial charge in [0.2, 0.25) is 0 Å². The largest absolute Gasteiger partial charge is 1.00 e. The summed E-state index contributed by atoms with van der Waals surface area (Å²) in [5, 5.41) is 5.46. The predicted octanol–water partition coefficient (Wildman–Crippen LogP) is 9.08. The zero-order valence-corrected chi connectivity index (χ0v) is 35.7. The second kappa shape index (κ2) is 15.3. The number of rotatable bonds is 6. The zero-order valence-electron chi connectivity index (χ0n) is 31.8. The van der Waals surface area contributed by atoms with E-state index in [0.29, 0.717) is 7.25 Å². The number of allylic oxidation sites excluding steroid dienone is 2. The van der Waals surface area contributed by atoms with Crippen molar-refractivity contribution in [2.75, 3.05) is 0 Å². The van der Waals surface area contributed by atoms with E-state index in [0.717, 1.165) is 11.8 Å². The average Bonchev–Trinajstić information content (AvgIpc) is 3.75. The molecule has 4 aliphatic carbocycles. The first kappa shape index (κ1) is 37.4. The van der Waals surface area contributed by atoms with Crippen molar-refractivity contribution in [1.82, 2.24) is 0 Å². The summed E-state index contributed by atoms with van der Waals surface area (Å²) in [6, 6.07) is 46.9. The Bertz CT molecular complexity index is 2280. The van der Waals surface area contributed by atoms with Gasteiger partial charge >= 0.3 is 322 Å². The number of halogens is 2. The standard InChI is InChI=1S/2C25H23.C2H4.2ClH.Zr/c2*1-2-8-18(9-3-1)21-16-20-12-7-15-24(25(20)17-21)23-14-6-11-19-10-4-5-13-22(19)23;1-2;;;/h2*4-7,10-18H,1-3,8-9H2;1-2H2;2*1H;/q;;;;;+2/p-2. The third kappa shape index (κ3) is 6.19. The topological polar surface area (TPSA) is 0 Å². The van der Waals surface area contributed by atoms with Gasteiger partial charge in [0.15, 0.2) is 0 Å². The van der Waals surface area contributed by atoms with Gasteiger partial charge in [0.05, 0.1) is 0 Å². The van der Waals surface area contributed by atoms with Gasteiger partial charge in [-0.2, -0.15) is 0 Å². The van der Waals surface area contributed by atoms with Crippen molar-refractivity contribution in [2.24, 2.45) is 11.8 Å². The summed E-state index contributed by atoms with van der Waals surface area (Å²) in [6.45, 7) is 0. The minimum atomic E-state index is -2.96. The molecule has 2 atom stereocenters. The summed E-state index contributed by atoms with van der Waals surface area (Å²) in [5.74, 6) is 1.50. The van der Waals surface area contributed by atoms with Gasteiger partial charge in [-0.25, -0.2) is 0 Å². The van der Waals surface area contributed by atoms with Crippen molar-refractivity contribution in [3.63, 3.8) is 0 Å². The van der Waals surface area contributed by atoms with Crippen molar-refractivity contribution in [3.05, 3.63) is 155 Å². The van der Waals surface area contributed by atoms with E-state index in [1.807, 2.05) is 11.1 Å². The molecule has 1 heterocycles. The van der Waals surface area contributed by atoms with Crippen LogP contribution in [-0.2, 0) is 20.3 Å². The SMILES string of the molecule is C1=C(C2CCCCC2)[CH]([Zr+2]2([CH]3C(C4CCCCC4)=Cc4c(-c5cccc6ccccc56)cccc43)[CH2][CH2]2)c2cccc(-c3cccc4ccccc34)c21.[Cl-].[Cl-]. The minimum absolute atomic E-state index is 0. The molecule has 3 fully saturated rings. The Kier molecular flexibility index (Phi) is 10.4. The van der Waals surface area contributed by atoms with Gasteiger partial charge in [0, 0.05) is 0 Å². The molecule has 6 aromatic rings. The van der Waals surface area contributed by atoms with Crippen LogP contribution in [0.5, 0.6) is 0 Å². The molecule has 0 bridgehead atoms. The summed E-state index contributed by atoms with van der Waals surface area (Å²) < 4.78 is 4.46. The van der Waals surface area contributed by atoms with Crippen LogP contribution in [-0.4, -0.2) is 0 Å². The van der Waals surface area contributed by atoms with Crippen LogP contribution in [0.2, 0.25) is 8.26 Å². The fourth-order valence-electron chi connectivity index (χ4n) is 12.0. The van der Waals surface area contributed by atoms with Gasteiger partial charge in [-0.05, 0) is 0 Å². The fourth-order valence-corrected chi connectivity index (χ4v) is 29.7. The van der Waals surface area contributed by atoms with Gasteiger partial charge < -0.3 is 24.8 Å². The zero-order chi connectivity index (χ0) is 34.9. The molecule has 1 aliphatic heterocycles. The second-order valence-electron chi connectivity index (χ2n) is 17.2. The van der Waals surface area contributed by atoms with E-state index in [9.17, 15) is 0 Å². The van der Waals surface area contributed by atoms with Gasteiger partial charge in [0.25, 0.3) is 0 Å². The summed E-state index contributed by atoms with van der Waals surface area (Å²) in [4.78, 5) is 0. The van der Waals surface area contributed by atoms with E-state index in [1.165, 1.54) is 116 Å². The number of fused-ring (bicyclic) bond motifs is 4. The Balaban J connectivity index is 0.00000198. The van der Waals surface area contributed by atoms with Gasteiger partial charge in [0.1, 0.15) is 0 Å². The van der Waals surface area contributed by atoms with Gasteiger partial charge in [-0.15, -0.1) is 0 Å². The first-order chi connectivity index (χ1) is 26.3.